The summed E-state index contributed by atoms with van der Waals surface area (Å²) < 4.78 is 6.77. The van der Waals surface area contributed by atoms with Crippen LogP contribution in [0.4, 0.5) is 5.82 Å². The van der Waals surface area contributed by atoms with Gasteiger partial charge in [0.2, 0.25) is 5.91 Å². The molecule has 0 aromatic carbocycles. The number of pyridine rings is 1. The van der Waals surface area contributed by atoms with Crippen LogP contribution in [-0.4, -0.2) is 33.9 Å². The van der Waals surface area contributed by atoms with E-state index in [0.29, 0.717) is 19.0 Å². The molecule has 19 heavy (non-hydrogen) atoms. The van der Waals surface area contributed by atoms with Gasteiger partial charge < -0.3 is 10.1 Å². The SMILES string of the molecule is CC1(C(=O)Nc2ccn(-c3ccncc3)n2)COC1. The summed E-state index contributed by atoms with van der Waals surface area (Å²) in [6.07, 6.45) is 5.19. The predicted molar refractivity (Wildman–Crippen MR) is 68.9 cm³/mol. The molecule has 0 radical (unpaired) electrons. The first-order valence-electron chi connectivity index (χ1n) is 6.03. The minimum absolute atomic E-state index is 0.0567. The second-order valence-corrected chi connectivity index (χ2v) is 4.86. The summed E-state index contributed by atoms with van der Waals surface area (Å²) in [5, 5.41) is 7.12. The zero-order valence-corrected chi connectivity index (χ0v) is 10.5. The topological polar surface area (TPSA) is 69.0 Å². The van der Waals surface area contributed by atoms with Crippen LogP contribution in [0.1, 0.15) is 6.92 Å². The highest BCUT2D eigenvalue weighted by Crippen LogP contribution is 2.27. The van der Waals surface area contributed by atoms with Crippen LogP contribution in [0, 0.1) is 5.41 Å². The third kappa shape index (κ3) is 2.22. The van der Waals surface area contributed by atoms with E-state index in [-0.39, 0.29) is 5.91 Å². The molecule has 1 saturated heterocycles. The Morgan fingerprint density at radius 1 is 1.37 bits per heavy atom. The van der Waals surface area contributed by atoms with Crippen molar-refractivity contribution in [1.29, 1.82) is 0 Å². The average Bonchev–Trinajstić information content (AvgIpc) is 2.85. The van der Waals surface area contributed by atoms with Crippen LogP contribution in [0.2, 0.25) is 0 Å². The summed E-state index contributed by atoms with van der Waals surface area (Å²) in [5.74, 6) is 0.480. The van der Waals surface area contributed by atoms with Crippen molar-refractivity contribution >= 4 is 11.7 Å². The van der Waals surface area contributed by atoms with Crippen molar-refractivity contribution in [2.24, 2.45) is 5.41 Å². The van der Waals surface area contributed by atoms with Gasteiger partial charge in [-0.2, -0.15) is 5.10 Å². The molecule has 1 amide bonds. The molecule has 3 heterocycles. The van der Waals surface area contributed by atoms with Crippen LogP contribution in [0.5, 0.6) is 0 Å². The zero-order valence-electron chi connectivity index (χ0n) is 10.5. The van der Waals surface area contributed by atoms with Gasteiger partial charge in [0, 0.05) is 24.7 Å². The molecule has 2 aromatic heterocycles. The Morgan fingerprint density at radius 3 is 2.74 bits per heavy atom. The molecule has 2 aromatic rings. The van der Waals surface area contributed by atoms with Gasteiger partial charge in [-0.25, -0.2) is 4.68 Å². The van der Waals surface area contributed by atoms with Crippen LogP contribution >= 0.6 is 0 Å². The summed E-state index contributed by atoms with van der Waals surface area (Å²) in [6, 6.07) is 5.46. The quantitative estimate of drug-likeness (QED) is 0.899. The number of anilines is 1. The third-order valence-corrected chi connectivity index (χ3v) is 3.15. The number of ether oxygens (including phenoxy) is 1. The first-order valence-corrected chi connectivity index (χ1v) is 6.03. The number of nitrogens with one attached hydrogen (secondary N) is 1. The van der Waals surface area contributed by atoms with Gasteiger partial charge in [-0.15, -0.1) is 0 Å². The van der Waals surface area contributed by atoms with E-state index in [0.717, 1.165) is 5.69 Å². The standard InChI is InChI=1S/C13H14N4O2/c1-13(8-19-9-13)12(18)15-11-4-7-17(16-11)10-2-5-14-6-3-10/h2-7H,8-9H2,1H3,(H,15,16,18). The van der Waals surface area contributed by atoms with Crippen LogP contribution < -0.4 is 5.32 Å². The lowest BCUT2D eigenvalue weighted by atomic mass is 9.88. The van der Waals surface area contributed by atoms with E-state index >= 15 is 0 Å². The monoisotopic (exact) mass is 258 g/mol. The van der Waals surface area contributed by atoms with E-state index in [9.17, 15) is 4.79 Å². The average molecular weight is 258 g/mol. The minimum atomic E-state index is -0.430. The summed E-state index contributed by atoms with van der Waals surface area (Å²) >= 11 is 0. The van der Waals surface area contributed by atoms with Gasteiger partial charge in [-0.1, -0.05) is 0 Å². The van der Waals surface area contributed by atoms with E-state index in [4.69, 9.17) is 4.74 Å². The molecule has 0 spiro atoms. The maximum atomic E-state index is 12.0. The van der Waals surface area contributed by atoms with Crippen molar-refractivity contribution in [3.63, 3.8) is 0 Å². The Bertz CT molecular complexity index is 590. The van der Waals surface area contributed by atoms with E-state index in [2.05, 4.69) is 15.4 Å². The molecule has 1 aliphatic rings. The lowest BCUT2D eigenvalue weighted by Gasteiger charge is -2.35. The Kier molecular flexibility index (Phi) is 2.79. The van der Waals surface area contributed by atoms with E-state index < -0.39 is 5.41 Å². The Labute approximate surface area is 110 Å². The molecule has 6 heteroatoms. The first-order chi connectivity index (χ1) is 9.17. The van der Waals surface area contributed by atoms with E-state index in [1.165, 1.54) is 0 Å². The van der Waals surface area contributed by atoms with Gasteiger partial charge in [0.1, 0.15) is 0 Å². The fraction of sp³-hybridized carbons (Fsp3) is 0.308. The molecule has 6 nitrogen and oxygen atoms in total. The van der Waals surface area contributed by atoms with Crippen molar-refractivity contribution in [3.8, 4) is 5.69 Å². The number of carbonyl (C=O) groups is 1. The first kappa shape index (κ1) is 11.9. The fourth-order valence-corrected chi connectivity index (χ4v) is 1.84. The second kappa shape index (κ2) is 4.47. The van der Waals surface area contributed by atoms with Crippen LogP contribution in [0.3, 0.4) is 0 Å². The number of rotatable bonds is 3. The molecular weight excluding hydrogens is 244 g/mol. The Hall–Kier alpha value is -2.21. The predicted octanol–water partition coefficient (Wildman–Crippen LogP) is 1.24. The highest BCUT2D eigenvalue weighted by atomic mass is 16.5. The highest BCUT2D eigenvalue weighted by Gasteiger charge is 2.41. The zero-order chi connectivity index (χ0) is 13.3. The van der Waals surface area contributed by atoms with Crippen molar-refractivity contribution in [3.05, 3.63) is 36.8 Å². The normalized spacial score (nSPS) is 16.7. The van der Waals surface area contributed by atoms with Gasteiger partial charge in [0.05, 0.1) is 24.3 Å². The number of carbonyl (C=O) groups excluding carboxylic acids is 1. The molecule has 0 atom stereocenters. The molecule has 1 N–H and O–H groups in total. The third-order valence-electron chi connectivity index (χ3n) is 3.15. The molecular formula is C13H14N4O2. The lowest BCUT2D eigenvalue weighted by molar-refractivity contribution is -0.151. The van der Waals surface area contributed by atoms with Crippen LogP contribution in [0.15, 0.2) is 36.8 Å². The van der Waals surface area contributed by atoms with E-state index in [1.807, 2.05) is 19.1 Å². The molecule has 0 unspecified atom stereocenters. The summed E-state index contributed by atoms with van der Waals surface area (Å²) in [5.41, 5.74) is 0.467. The van der Waals surface area contributed by atoms with Gasteiger partial charge in [-0.3, -0.25) is 9.78 Å². The molecule has 0 bridgehead atoms. The minimum Gasteiger partial charge on any atom is -0.379 e. The van der Waals surface area contributed by atoms with Gasteiger partial charge >= 0.3 is 0 Å². The molecule has 1 aliphatic heterocycles. The Morgan fingerprint density at radius 2 is 2.11 bits per heavy atom. The number of hydrogen-bond donors (Lipinski definition) is 1. The van der Waals surface area contributed by atoms with E-state index in [1.54, 1.807) is 29.3 Å². The van der Waals surface area contributed by atoms with Gasteiger partial charge in [0.25, 0.3) is 0 Å². The Balaban J connectivity index is 1.74. The fourth-order valence-electron chi connectivity index (χ4n) is 1.84. The number of nitrogens with zero attached hydrogens (tertiary/aromatic N) is 3. The molecule has 0 aliphatic carbocycles. The highest BCUT2D eigenvalue weighted by molar-refractivity contribution is 5.95. The molecule has 98 valence electrons. The van der Waals surface area contributed by atoms with Crippen LogP contribution in [-0.2, 0) is 9.53 Å². The lowest BCUT2D eigenvalue weighted by Crippen LogP contribution is -2.49. The maximum absolute atomic E-state index is 12.0. The molecule has 0 saturated carbocycles. The smallest absolute Gasteiger partial charge is 0.236 e. The van der Waals surface area contributed by atoms with Crippen molar-refractivity contribution in [1.82, 2.24) is 14.8 Å². The van der Waals surface area contributed by atoms with Crippen molar-refractivity contribution < 1.29 is 9.53 Å². The summed E-state index contributed by atoms with van der Waals surface area (Å²) in [7, 11) is 0. The van der Waals surface area contributed by atoms with Crippen molar-refractivity contribution in [2.75, 3.05) is 18.5 Å². The van der Waals surface area contributed by atoms with Gasteiger partial charge in [0.15, 0.2) is 5.82 Å². The van der Waals surface area contributed by atoms with Crippen molar-refractivity contribution in [2.45, 2.75) is 6.92 Å². The number of amides is 1. The second-order valence-electron chi connectivity index (χ2n) is 4.86. The molecule has 1 fully saturated rings. The van der Waals surface area contributed by atoms with Gasteiger partial charge in [-0.05, 0) is 19.1 Å². The maximum Gasteiger partial charge on any atom is 0.236 e. The molecule has 3 rings (SSSR count). The number of aromatic nitrogens is 3. The summed E-state index contributed by atoms with van der Waals surface area (Å²) in [4.78, 5) is 16.0. The summed E-state index contributed by atoms with van der Waals surface area (Å²) in [6.45, 7) is 2.81. The van der Waals surface area contributed by atoms with Crippen LogP contribution in [0.25, 0.3) is 5.69 Å². The largest absolute Gasteiger partial charge is 0.379 e. The number of hydrogen-bond acceptors (Lipinski definition) is 4.